The van der Waals surface area contributed by atoms with Crippen molar-refractivity contribution in [1.82, 2.24) is 4.98 Å². The SMILES string of the molecule is N#CC(O)(O)c1ccc[nH]c1=O. The van der Waals surface area contributed by atoms with E-state index in [4.69, 9.17) is 15.5 Å². The minimum absolute atomic E-state index is 0.382. The van der Waals surface area contributed by atoms with Crippen molar-refractivity contribution < 1.29 is 10.2 Å². The number of hydrogen-bond donors (Lipinski definition) is 3. The third kappa shape index (κ3) is 1.34. The molecule has 0 aliphatic rings. The van der Waals surface area contributed by atoms with Gasteiger partial charge in [-0.1, -0.05) is 0 Å². The third-order valence-corrected chi connectivity index (χ3v) is 1.35. The molecule has 0 aromatic carbocycles. The molecular weight excluding hydrogens is 160 g/mol. The quantitative estimate of drug-likeness (QED) is 0.369. The number of aliphatic hydroxyl groups is 2. The maximum atomic E-state index is 10.9. The van der Waals surface area contributed by atoms with E-state index >= 15 is 0 Å². The minimum Gasteiger partial charge on any atom is -0.350 e. The summed E-state index contributed by atoms with van der Waals surface area (Å²) in [6.07, 6.45) is 1.33. The molecule has 0 amide bonds. The zero-order valence-corrected chi connectivity index (χ0v) is 5.98. The normalized spacial score (nSPS) is 10.8. The molecule has 1 heterocycles. The summed E-state index contributed by atoms with van der Waals surface area (Å²) in [6.45, 7) is 0. The van der Waals surface area contributed by atoms with Gasteiger partial charge in [-0.3, -0.25) is 4.79 Å². The van der Waals surface area contributed by atoms with Gasteiger partial charge in [0.25, 0.3) is 11.3 Å². The predicted octanol–water partition coefficient (Wildman–Crippen LogP) is -0.964. The Hall–Kier alpha value is -1.64. The van der Waals surface area contributed by atoms with E-state index in [0.29, 0.717) is 0 Å². The van der Waals surface area contributed by atoms with Gasteiger partial charge >= 0.3 is 0 Å². The van der Waals surface area contributed by atoms with E-state index in [1.807, 2.05) is 0 Å². The van der Waals surface area contributed by atoms with Crippen LogP contribution in [0, 0.1) is 11.3 Å². The number of nitrogens with one attached hydrogen (secondary N) is 1. The van der Waals surface area contributed by atoms with Crippen molar-refractivity contribution in [1.29, 1.82) is 5.26 Å². The molecule has 62 valence electrons. The summed E-state index contributed by atoms with van der Waals surface area (Å²) >= 11 is 0. The molecule has 1 aromatic heterocycles. The topological polar surface area (TPSA) is 97.1 Å². The largest absolute Gasteiger partial charge is 0.350 e. The highest BCUT2D eigenvalue weighted by atomic mass is 16.5. The van der Waals surface area contributed by atoms with Crippen LogP contribution in [0.5, 0.6) is 0 Å². The van der Waals surface area contributed by atoms with Crippen LogP contribution < -0.4 is 5.56 Å². The highest BCUT2D eigenvalue weighted by Gasteiger charge is 2.28. The van der Waals surface area contributed by atoms with Gasteiger partial charge in [0.1, 0.15) is 6.07 Å². The van der Waals surface area contributed by atoms with Gasteiger partial charge in [-0.15, -0.1) is 0 Å². The van der Waals surface area contributed by atoms with Gasteiger partial charge in [0, 0.05) is 6.20 Å². The lowest BCUT2D eigenvalue weighted by Crippen LogP contribution is -2.30. The van der Waals surface area contributed by atoms with E-state index < -0.39 is 11.3 Å². The summed E-state index contributed by atoms with van der Waals surface area (Å²) in [5, 5.41) is 26.2. The number of pyridine rings is 1. The monoisotopic (exact) mass is 166 g/mol. The van der Waals surface area contributed by atoms with Gasteiger partial charge in [0.05, 0.1) is 5.56 Å². The van der Waals surface area contributed by atoms with Gasteiger partial charge in [-0.05, 0) is 12.1 Å². The molecule has 1 rings (SSSR count). The fourth-order valence-corrected chi connectivity index (χ4v) is 0.756. The van der Waals surface area contributed by atoms with E-state index in [9.17, 15) is 4.79 Å². The lowest BCUT2D eigenvalue weighted by atomic mass is 10.1. The molecule has 0 bridgehead atoms. The van der Waals surface area contributed by atoms with Crippen LogP contribution in [-0.4, -0.2) is 15.2 Å². The molecule has 0 aliphatic carbocycles. The van der Waals surface area contributed by atoms with Gasteiger partial charge in [0.2, 0.25) is 0 Å². The summed E-state index contributed by atoms with van der Waals surface area (Å²) in [5.74, 6) is -2.71. The number of nitriles is 1. The maximum absolute atomic E-state index is 10.9. The predicted molar refractivity (Wildman–Crippen MR) is 38.8 cm³/mol. The Bertz CT molecular complexity index is 375. The van der Waals surface area contributed by atoms with Gasteiger partial charge < -0.3 is 15.2 Å². The molecule has 1 aromatic rings. The number of rotatable bonds is 1. The Morgan fingerprint density at radius 2 is 2.25 bits per heavy atom. The second-order valence-electron chi connectivity index (χ2n) is 2.20. The van der Waals surface area contributed by atoms with Crippen LogP contribution in [-0.2, 0) is 5.79 Å². The average Bonchev–Trinajstić information content (AvgIpc) is 2.05. The molecule has 0 atom stereocenters. The van der Waals surface area contributed by atoms with E-state index in [1.165, 1.54) is 24.4 Å². The van der Waals surface area contributed by atoms with Crippen LogP contribution in [0.15, 0.2) is 23.1 Å². The van der Waals surface area contributed by atoms with E-state index in [0.717, 1.165) is 0 Å². The molecule has 5 heteroatoms. The first-order chi connectivity index (χ1) is 5.58. The zero-order valence-electron chi connectivity index (χ0n) is 5.98. The number of aromatic amines is 1. The van der Waals surface area contributed by atoms with Gasteiger partial charge in [-0.25, -0.2) is 0 Å². The van der Waals surface area contributed by atoms with Crippen molar-refractivity contribution in [2.75, 3.05) is 0 Å². The summed E-state index contributed by atoms with van der Waals surface area (Å²) < 4.78 is 0. The highest BCUT2D eigenvalue weighted by Crippen LogP contribution is 2.10. The number of nitrogens with zero attached hydrogens (tertiary/aromatic N) is 1. The van der Waals surface area contributed by atoms with E-state index in [1.54, 1.807) is 0 Å². The molecular formula is C7H6N2O3. The lowest BCUT2D eigenvalue weighted by molar-refractivity contribution is -0.118. The highest BCUT2D eigenvalue weighted by molar-refractivity contribution is 5.21. The number of aromatic nitrogens is 1. The minimum atomic E-state index is -2.71. The van der Waals surface area contributed by atoms with Crippen LogP contribution in [0.2, 0.25) is 0 Å². The van der Waals surface area contributed by atoms with Gasteiger partial charge in [-0.2, -0.15) is 5.26 Å². The van der Waals surface area contributed by atoms with Crippen molar-refractivity contribution in [3.05, 3.63) is 34.2 Å². The van der Waals surface area contributed by atoms with E-state index in [-0.39, 0.29) is 5.56 Å². The Balaban J connectivity index is 3.32. The van der Waals surface area contributed by atoms with Crippen LogP contribution in [0.4, 0.5) is 0 Å². The first kappa shape index (κ1) is 8.46. The standard InChI is InChI=1S/C7H6N2O3/c8-4-7(11,12)5-2-1-3-9-6(5)10/h1-3,11-12H,(H,9,10). The summed E-state index contributed by atoms with van der Waals surface area (Å²) in [5.41, 5.74) is -1.07. The van der Waals surface area contributed by atoms with Crippen molar-refractivity contribution >= 4 is 0 Å². The molecule has 0 spiro atoms. The van der Waals surface area contributed by atoms with E-state index in [2.05, 4.69) is 4.98 Å². The van der Waals surface area contributed by atoms with Crippen molar-refractivity contribution in [3.63, 3.8) is 0 Å². The fourth-order valence-electron chi connectivity index (χ4n) is 0.756. The third-order valence-electron chi connectivity index (χ3n) is 1.35. The lowest BCUT2D eigenvalue weighted by Gasteiger charge is -2.10. The average molecular weight is 166 g/mol. The molecule has 12 heavy (non-hydrogen) atoms. The summed E-state index contributed by atoms with van der Waals surface area (Å²) in [6, 6.07) is 3.76. The number of hydrogen-bond acceptors (Lipinski definition) is 4. The Kier molecular flexibility index (Phi) is 1.95. The summed E-state index contributed by atoms with van der Waals surface area (Å²) in [7, 11) is 0. The molecule has 0 aliphatic heterocycles. The van der Waals surface area contributed by atoms with Crippen LogP contribution in [0.3, 0.4) is 0 Å². The van der Waals surface area contributed by atoms with Crippen molar-refractivity contribution in [3.8, 4) is 6.07 Å². The van der Waals surface area contributed by atoms with Crippen LogP contribution >= 0.6 is 0 Å². The molecule has 0 fully saturated rings. The van der Waals surface area contributed by atoms with Crippen molar-refractivity contribution in [2.45, 2.75) is 5.79 Å². The molecule has 0 radical (unpaired) electrons. The molecule has 5 nitrogen and oxygen atoms in total. The zero-order chi connectivity index (χ0) is 9.19. The molecule has 0 unspecified atom stereocenters. The number of H-pyrrole nitrogens is 1. The smallest absolute Gasteiger partial charge is 0.287 e. The first-order valence-corrected chi connectivity index (χ1v) is 3.12. The second-order valence-corrected chi connectivity index (χ2v) is 2.20. The second kappa shape index (κ2) is 2.77. The molecule has 3 N–H and O–H groups in total. The van der Waals surface area contributed by atoms with Crippen LogP contribution in [0.1, 0.15) is 5.56 Å². The maximum Gasteiger partial charge on any atom is 0.287 e. The summed E-state index contributed by atoms with van der Waals surface area (Å²) in [4.78, 5) is 13.1. The first-order valence-electron chi connectivity index (χ1n) is 3.12. The van der Waals surface area contributed by atoms with Crippen LogP contribution in [0.25, 0.3) is 0 Å². The molecule has 0 saturated carbocycles. The van der Waals surface area contributed by atoms with Crippen molar-refractivity contribution in [2.24, 2.45) is 0 Å². The fraction of sp³-hybridized carbons (Fsp3) is 0.143. The molecule has 0 saturated heterocycles. The Morgan fingerprint density at radius 1 is 1.58 bits per heavy atom. The Morgan fingerprint density at radius 3 is 2.75 bits per heavy atom. The van der Waals surface area contributed by atoms with Gasteiger partial charge in [0.15, 0.2) is 0 Å². The Labute approximate surface area is 67.5 Å².